The molecule has 0 radical (unpaired) electrons. The van der Waals surface area contributed by atoms with Crippen LogP contribution in [-0.4, -0.2) is 41.9 Å². The molecule has 96 valence electrons. The number of aryl methyl sites for hydroxylation is 2. The van der Waals surface area contributed by atoms with Gasteiger partial charge in [-0.15, -0.1) is 11.6 Å². The number of H-pyrrole nitrogens is 1. The molecule has 0 amide bonds. The van der Waals surface area contributed by atoms with E-state index in [-0.39, 0.29) is 5.92 Å². The first-order valence-electron chi connectivity index (χ1n) is 5.54. The van der Waals surface area contributed by atoms with E-state index in [0.29, 0.717) is 35.3 Å². The van der Waals surface area contributed by atoms with Gasteiger partial charge in [0.1, 0.15) is 4.90 Å². The zero-order valence-corrected chi connectivity index (χ0v) is 11.5. The number of hydrogen-bond acceptors (Lipinski definition) is 3. The lowest BCUT2D eigenvalue weighted by molar-refractivity contribution is 0.464. The molecule has 0 aliphatic carbocycles. The summed E-state index contributed by atoms with van der Waals surface area (Å²) in [5, 5.41) is 6.65. The maximum absolute atomic E-state index is 12.4. The van der Waals surface area contributed by atoms with Crippen LogP contribution in [0.4, 0.5) is 0 Å². The van der Waals surface area contributed by atoms with Crippen molar-refractivity contribution in [1.82, 2.24) is 14.5 Å². The molecule has 5 nitrogen and oxygen atoms in total. The zero-order chi connectivity index (χ0) is 12.6. The lowest BCUT2D eigenvalue weighted by Gasteiger charge is -2.16. The minimum atomic E-state index is -3.42. The van der Waals surface area contributed by atoms with Gasteiger partial charge in [0.05, 0.1) is 11.4 Å². The van der Waals surface area contributed by atoms with Gasteiger partial charge < -0.3 is 0 Å². The molecule has 1 aliphatic heterocycles. The Labute approximate surface area is 106 Å². The highest BCUT2D eigenvalue weighted by Gasteiger charge is 2.34. The van der Waals surface area contributed by atoms with E-state index in [2.05, 4.69) is 10.2 Å². The van der Waals surface area contributed by atoms with Crippen LogP contribution in [0.1, 0.15) is 17.8 Å². The van der Waals surface area contributed by atoms with Crippen molar-refractivity contribution < 1.29 is 8.42 Å². The Morgan fingerprint density at radius 1 is 1.53 bits per heavy atom. The van der Waals surface area contributed by atoms with E-state index in [1.54, 1.807) is 13.8 Å². The van der Waals surface area contributed by atoms with Crippen LogP contribution in [0.25, 0.3) is 0 Å². The summed E-state index contributed by atoms with van der Waals surface area (Å²) in [6.45, 7) is 4.48. The molecule has 7 heteroatoms. The highest BCUT2D eigenvalue weighted by Crippen LogP contribution is 2.27. The van der Waals surface area contributed by atoms with Crippen molar-refractivity contribution in [2.45, 2.75) is 25.2 Å². The molecule has 2 heterocycles. The van der Waals surface area contributed by atoms with Crippen molar-refractivity contribution in [2.24, 2.45) is 5.92 Å². The number of aromatic amines is 1. The van der Waals surface area contributed by atoms with Gasteiger partial charge in [-0.2, -0.15) is 9.40 Å². The van der Waals surface area contributed by atoms with Crippen LogP contribution in [0.15, 0.2) is 4.90 Å². The molecule has 0 spiro atoms. The number of halogens is 1. The van der Waals surface area contributed by atoms with E-state index < -0.39 is 10.0 Å². The van der Waals surface area contributed by atoms with Gasteiger partial charge in [-0.3, -0.25) is 5.10 Å². The van der Waals surface area contributed by atoms with Crippen molar-refractivity contribution in [3.05, 3.63) is 11.4 Å². The molecule has 1 N–H and O–H groups in total. The fraction of sp³-hybridized carbons (Fsp3) is 0.700. The molecule has 1 fully saturated rings. The minimum Gasteiger partial charge on any atom is -0.281 e. The molecule has 1 atom stereocenters. The van der Waals surface area contributed by atoms with Gasteiger partial charge in [0, 0.05) is 19.0 Å². The van der Waals surface area contributed by atoms with Crippen LogP contribution in [0.2, 0.25) is 0 Å². The smallest absolute Gasteiger partial charge is 0.246 e. The first kappa shape index (κ1) is 12.9. The summed E-state index contributed by atoms with van der Waals surface area (Å²) in [7, 11) is -3.42. The average Bonchev–Trinajstić information content (AvgIpc) is 2.85. The molecule has 1 unspecified atom stereocenters. The maximum Gasteiger partial charge on any atom is 0.246 e. The maximum atomic E-state index is 12.4. The lowest BCUT2D eigenvalue weighted by atomic mass is 10.2. The van der Waals surface area contributed by atoms with Crippen molar-refractivity contribution in [2.75, 3.05) is 19.0 Å². The fourth-order valence-corrected chi connectivity index (χ4v) is 4.31. The predicted molar refractivity (Wildman–Crippen MR) is 65.6 cm³/mol. The molecule has 2 rings (SSSR count). The van der Waals surface area contributed by atoms with E-state index in [9.17, 15) is 8.42 Å². The second-order valence-electron chi connectivity index (χ2n) is 4.44. The quantitative estimate of drug-likeness (QED) is 0.847. The first-order chi connectivity index (χ1) is 7.96. The number of rotatable bonds is 3. The fourth-order valence-electron chi connectivity index (χ4n) is 2.19. The Balaban J connectivity index is 2.32. The third-order valence-corrected chi connectivity index (χ3v) is 5.69. The second-order valence-corrected chi connectivity index (χ2v) is 6.62. The van der Waals surface area contributed by atoms with Crippen molar-refractivity contribution in [3.8, 4) is 0 Å². The molecular formula is C10H16ClN3O2S. The highest BCUT2D eigenvalue weighted by molar-refractivity contribution is 7.89. The van der Waals surface area contributed by atoms with Gasteiger partial charge in [-0.25, -0.2) is 8.42 Å². The molecule has 1 saturated heterocycles. The Morgan fingerprint density at radius 3 is 2.71 bits per heavy atom. The summed E-state index contributed by atoms with van der Waals surface area (Å²) in [5.74, 6) is 0.772. The Morgan fingerprint density at radius 2 is 2.24 bits per heavy atom. The van der Waals surface area contributed by atoms with Crippen molar-refractivity contribution >= 4 is 21.6 Å². The molecule has 1 aromatic rings. The molecule has 0 saturated carbocycles. The van der Waals surface area contributed by atoms with Gasteiger partial charge >= 0.3 is 0 Å². The van der Waals surface area contributed by atoms with Crippen LogP contribution < -0.4 is 0 Å². The summed E-state index contributed by atoms with van der Waals surface area (Å²) in [5.41, 5.74) is 1.12. The van der Waals surface area contributed by atoms with E-state index >= 15 is 0 Å². The number of sulfonamides is 1. The van der Waals surface area contributed by atoms with E-state index in [1.807, 2.05) is 0 Å². The summed E-state index contributed by atoms with van der Waals surface area (Å²) in [6, 6.07) is 0. The van der Waals surface area contributed by atoms with Gasteiger partial charge in [0.2, 0.25) is 10.0 Å². The number of aromatic nitrogens is 2. The SMILES string of the molecule is Cc1n[nH]c(C)c1S(=O)(=O)N1CCC(CCl)C1. The molecule has 0 aromatic carbocycles. The van der Waals surface area contributed by atoms with Crippen LogP contribution in [-0.2, 0) is 10.0 Å². The topological polar surface area (TPSA) is 66.1 Å². The summed E-state index contributed by atoms with van der Waals surface area (Å²) in [4.78, 5) is 0.313. The molecular weight excluding hydrogens is 262 g/mol. The Kier molecular flexibility index (Phi) is 3.47. The van der Waals surface area contributed by atoms with Crippen LogP contribution >= 0.6 is 11.6 Å². The van der Waals surface area contributed by atoms with Gasteiger partial charge in [-0.1, -0.05) is 0 Å². The number of nitrogens with one attached hydrogen (secondary N) is 1. The van der Waals surface area contributed by atoms with Crippen LogP contribution in [0.5, 0.6) is 0 Å². The van der Waals surface area contributed by atoms with Crippen molar-refractivity contribution in [1.29, 1.82) is 0 Å². The average molecular weight is 278 g/mol. The largest absolute Gasteiger partial charge is 0.281 e. The number of alkyl halides is 1. The number of hydrogen-bond donors (Lipinski definition) is 1. The van der Waals surface area contributed by atoms with Gasteiger partial charge in [-0.05, 0) is 26.2 Å². The third-order valence-electron chi connectivity index (χ3n) is 3.13. The van der Waals surface area contributed by atoms with E-state index in [4.69, 9.17) is 11.6 Å². The minimum absolute atomic E-state index is 0.263. The Bertz CT molecular complexity index is 492. The monoisotopic (exact) mass is 277 g/mol. The predicted octanol–water partition coefficient (Wildman–Crippen LogP) is 1.28. The van der Waals surface area contributed by atoms with E-state index in [1.165, 1.54) is 4.31 Å². The molecule has 0 bridgehead atoms. The van der Waals surface area contributed by atoms with Gasteiger partial charge in [0.25, 0.3) is 0 Å². The zero-order valence-electron chi connectivity index (χ0n) is 9.90. The van der Waals surface area contributed by atoms with Crippen LogP contribution in [0, 0.1) is 19.8 Å². The molecule has 1 aromatic heterocycles. The van der Waals surface area contributed by atoms with E-state index in [0.717, 1.165) is 6.42 Å². The standard InChI is InChI=1S/C10H16ClN3O2S/c1-7-10(8(2)13-12-7)17(15,16)14-4-3-9(5-11)6-14/h9H,3-6H2,1-2H3,(H,12,13). The lowest BCUT2D eigenvalue weighted by Crippen LogP contribution is -2.29. The first-order valence-corrected chi connectivity index (χ1v) is 7.52. The van der Waals surface area contributed by atoms with Crippen LogP contribution in [0.3, 0.4) is 0 Å². The summed E-state index contributed by atoms with van der Waals surface area (Å²) >= 11 is 5.77. The number of nitrogens with zero attached hydrogens (tertiary/aromatic N) is 2. The van der Waals surface area contributed by atoms with Crippen molar-refractivity contribution in [3.63, 3.8) is 0 Å². The normalized spacial score (nSPS) is 22.2. The Hall–Kier alpha value is -0.590. The third kappa shape index (κ3) is 2.21. The molecule has 1 aliphatic rings. The highest BCUT2D eigenvalue weighted by atomic mass is 35.5. The summed E-state index contributed by atoms with van der Waals surface area (Å²) in [6.07, 6.45) is 0.832. The molecule has 17 heavy (non-hydrogen) atoms. The summed E-state index contributed by atoms with van der Waals surface area (Å²) < 4.78 is 26.3. The second kappa shape index (κ2) is 4.59. The van der Waals surface area contributed by atoms with Gasteiger partial charge in [0.15, 0.2) is 0 Å².